The zero-order valence-corrected chi connectivity index (χ0v) is 12.5. The van der Waals surface area contributed by atoms with Crippen LogP contribution in [0.3, 0.4) is 0 Å². The molecule has 3 aromatic rings. The first kappa shape index (κ1) is 14.8. The number of nitrogens with one attached hydrogen (secondary N) is 2. The summed E-state index contributed by atoms with van der Waals surface area (Å²) in [6.07, 6.45) is -0.678. The summed E-state index contributed by atoms with van der Waals surface area (Å²) in [6.45, 7) is 0. The van der Waals surface area contributed by atoms with Crippen molar-refractivity contribution in [1.82, 2.24) is 14.6 Å². The van der Waals surface area contributed by atoms with Gasteiger partial charge in [-0.15, -0.1) is 0 Å². The van der Waals surface area contributed by atoms with E-state index < -0.39 is 11.7 Å². The van der Waals surface area contributed by atoms with Crippen molar-refractivity contribution >= 4 is 23.0 Å². The SMILES string of the molecule is FC(F)(F)c1ccccc1Nc1cc(NC2CC2)n2nccc2n1. The number of halogens is 3. The van der Waals surface area contributed by atoms with Crippen LogP contribution < -0.4 is 10.6 Å². The third kappa shape index (κ3) is 2.86. The number of alkyl halides is 3. The molecular formula is C16H14F3N5. The van der Waals surface area contributed by atoms with Gasteiger partial charge in [-0.2, -0.15) is 22.8 Å². The highest BCUT2D eigenvalue weighted by molar-refractivity contribution is 5.66. The van der Waals surface area contributed by atoms with E-state index in [4.69, 9.17) is 0 Å². The van der Waals surface area contributed by atoms with Gasteiger partial charge in [0.25, 0.3) is 0 Å². The standard InChI is InChI=1S/C16H14F3N5/c17-16(18,19)11-3-1-2-4-12(11)22-13-9-15(21-10-5-6-10)24-14(23-13)7-8-20-24/h1-4,7-10,21H,5-6H2,(H,22,23). The molecule has 0 amide bonds. The molecule has 2 aromatic heterocycles. The summed E-state index contributed by atoms with van der Waals surface area (Å²) in [5, 5.41) is 10.3. The second kappa shape index (κ2) is 5.40. The lowest BCUT2D eigenvalue weighted by Gasteiger charge is -2.15. The highest BCUT2D eigenvalue weighted by Gasteiger charge is 2.33. The lowest BCUT2D eigenvalue weighted by atomic mass is 10.1. The molecule has 1 saturated carbocycles. The Hall–Kier alpha value is -2.77. The van der Waals surface area contributed by atoms with Gasteiger partial charge in [-0.1, -0.05) is 12.1 Å². The van der Waals surface area contributed by atoms with Crippen molar-refractivity contribution in [2.75, 3.05) is 10.6 Å². The Kier molecular flexibility index (Phi) is 3.33. The smallest absolute Gasteiger partial charge is 0.367 e. The fourth-order valence-electron chi connectivity index (χ4n) is 2.49. The molecule has 1 aliphatic carbocycles. The van der Waals surface area contributed by atoms with E-state index >= 15 is 0 Å². The molecule has 0 bridgehead atoms. The molecule has 2 N–H and O–H groups in total. The third-order valence-corrected chi connectivity index (χ3v) is 3.78. The van der Waals surface area contributed by atoms with Crippen LogP contribution in [0.25, 0.3) is 5.65 Å². The van der Waals surface area contributed by atoms with Crippen molar-refractivity contribution in [3.05, 3.63) is 48.2 Å². The molecular weight excluding hydrogens is 319 g/mol. The zero-order chi connectivity index (χ0) is 16.7. The monoisotopic (exact) mass is 333 g/mol. The molecule has 5 nitrogen and oxygen atoms in total. The Morgan fingerprint density at radius 2 is 1.92 bits per heavy atom. The highest BCUT2D eigenvalue weighted by atomic mass is 19.4. The number of rotatable bonds is 4. The molecule has 124 valence electrons. The Balaban J connectivity index is 1.72. The molecule has 1 aromatic carbocycles. The van der Waals surface area contributed by atoms with E-state index in [1.165, 1.54) is 12.1 Å². The number of para-hydroxylation sites is 1. The number of aromatic nitrogens is 3. The number of fused-ring (bicyclic) bond motifs is 1. The Labute approximate surface area is 135 Å². The largest absolute Gasteiger partial charge is 0.418 e. The van der Waals surface area contributed by atoms with Gasteiger partial charge in [-0.05, 0) is 25.0 Å². The van der Waals surface area contributed by atoms with Crippen LogP contribution in [-0.2, 0) is 6.18 Å². The maximum Gasteiger partial charge on any atom is 0.418 e. The minimum atomic E-state index is -4.43. The summed E-state index contributed by atoms with van der Waals surface area (Å²) in [7, 11) is 0. The number of hydrogen-bond acceptors (Lipinski definition) is 4. The molecule has 24 heavy (non-hydrogen) atoms. The second-order valence-electron chi connectivity index (χ2n) is 5.71. The molecule has 8 heteroatoms. The van der Waals surface area contributed by atoms with Gasteiger partial charge in [0, 0.05) is 18.2 Å². The van der Waals surface area contributed by atoms with E-state index in [-0.39, 0.29) is 5.69 Å². The van der Waals surface area contributed by atoms with Gasteiger partial charge < -0.3 is 10.6 Å². The third-order valence-electron chi connectivity index (χ3n) is 3.78. The van der Waals surface area contributed by atoms with Gasteiger partial charge in [-0.3, -0.25) is 0 Å². The van der Waals surface area contributed by atoms with Crippen LogP contribution in [0, 0.1) is 0 Å². The molecule has 0 aliphatic heterocycles. The normalized spacial score (nSPS) is 14.8. The summed E-state index contributed by atoms with van der Waals surface area (Å²) in [6, 6.07) is 9.11. The molecule has 2 heterocycles. The molecule has 1 aliphatic rings. The van der Waals surface area contributed by atoms with Crippen LogP contribution in [0.1, 0.15) is 18.4 Å². The van der Waals surface area contributed by atoms with E-state index in [2.05, 4.69) is 20.7 Å². The van der Waals surface area contributed by atoms with Crippen molar-refractivity contribution in [3.63, 3.8) is 0 Å². The zero-order valence-electron chi connectivity index (χ0n) is 12.5. The van der Waals surface area contributed by atoms with Crippen LogP contribution in [0.5, 0.6) is 0 Å². The van der Waals surface area contributed by atoms with Crippen LogP contribution in [0.4, 0.5) is 30.5 Å². The van der Waals surface area contributed by atoms with Gasteiger partial charge in [0.1, 0.15) is 11.6 Å². The van der Waals surface area contributed by atoms with E-state index in [0.717, 1.165) is 18.9 Å². The van der Waals surface area contributed by atoms with Gasteiger partial charge in [-0.25, -0.2) is 4.98 Å². The Bertz CT molecular complexity index is 883. The average molecular weight is 333 g/mol. The van der Waals surface area contributed by atoms with Crippen molar-refractivity contribution < 1.29 is 13.2 Å². The molecule has 0 spiro atoms. The Morgan fingerprint density at radius 3 is 2.67 bits per heavy atom. The van der Waals surface area contributed by atoms with Crippen LogP contribution >= 0.6 is 0 Å². The van der Waals surface area contributed by atoms with E-state index in [0.29, 0.717) is 23.3 Å². The molecule has 1 fully saturated rings. The quantitative estimate of drug-likeness (QED) is 0.756. The molecule has 0 atom stereocenters. The number of hydrogen-bond donors (Lipinski definition) is 2. The van der Waals surface area contributed by atoms with E-state index in [9.17, 15) is 13.2 Å². The molecule has 0 unspecified atom stereocenters. The van der Waals surface area contributed by atoms with E-state index in [1.807, 2.05) is 0 Å². The van der Waals surface area contributed by atoms with Gasteiger partial charge in [0.05, 0.1) is 17.4 Å². The first-order valence-electron chi connectivity index (χ1n) is 7.55. The maximum atomic E-state index is 13.1. The minimum Gasteiger partial charge on any atom is -0.367 e. The summed E-state index contributed by atoms with van der Waals surface area (Å²) >= 11 is 0. The van der Waals surface area contributed by atoms with Crippen LogP contribution in [0.15, 0.2) is 42.6 Å². The number of anilines is 3. The Morgan fingerprint density at radius 1 is 1.12 bits per heavy atom. The van der Waals surface area contributed by atoms with Gasteiger partial charge in [0.2, 0.25) is 0 Å². The summed E-state index contributed by atoms with van der Waals surface area (Å²) in [5.41, 5.74) is -0.191. The predicted molar refractivity (Wildman–Crippen MR) is 84.4 cm³/mol. The van der Waals surface area contributed by atoms with Crippen molar-refractivity contribution in [3.8, 4) is 0 Å². The first-order chi connectivity index (χ1) is 11.5. The fourth-order valence-corrected chi connectivity index (χ4v) is 2.49. The first-order valence-corrected chi connectivity index (χ1v) is 7.55. The van der Waals surface area contributed by atoms with Crippen molar-refractivity contribution in [1.29, 1.82) is 0 Å². The average Bonchev–Trinajstić information content (AvgIpc) is 3.21. The topological polar surface area (TPSA) is 54.2 Å². The van der Waals surface area contributed by atoms with E-state index in [1.54, 1.807) is 28.9 Å². The lowest BCUT2D eigenvalue weighted by molar-refractivity contribution is -0.136. The number of benzene rings is 1. The summed E-state index contributed by atoms with van der Waals surface area (Å²) < 4.78 is 41.0. The van der Waals surface area contributed by atoms with Crippen molar-refractivity contribution in [2.24, 2.45) is 0 Å². The maximum absolute atomic E-state index is 13.1. The molecule has 4 rings (SSSR count). The van der Waals surface area contributed by atoms with Gasteiger partial charge in [0.15, 0.2) is 5.65 Å². The van der Waals surface area contributed by atoms with Crippen LogP contribution in [-0.4, -0.2) is 20.6 Å². The summed E-state index contributed by atoms with van der Waals surface area (Å²) in [4.78, 5) is 4.32. The van der Waals surface area contributed by atoms with Crippen LogP contribution in [0.2, 0.25) is 0 Å². The predicted octanol–water partition coefficient (Wildman–Crippen LogP) is 4.07. The second-order valence-corrected chi connectivity index (χ2v) is 5.71. The fraction of sp³-hybridized carbons (Fsp3) is 0.250. The molecule has 0 radical (unpaired) electrons. The lowest BCUT2D eigenvalue weighted by Crippen LogP contribution is -2.11. The van der Waals surface area contributed by atoms with Gasteiger partial charge >= 0.3 is 6.18 Å². The number of nitrogens with zero attached hydrogens (tertiary/aromatic N) is 3. The highest BCUT2D eigenvalue weighted by Crippen LogP contribution is 2.36. The molecule has 0 saturated heterocycles. The van der Waals surface area contributed by atoms with Crippen molar-refractivity contribution in [2.45, 2.75) is 25.1 Å². The summed E-state index contributed by atoms with van der Waals surface area (Å²) in [5.74, 6) is 1.04. The minimum absolute atomic E-state index is 0.0289.